The Morgan fingerprint density at radius 2 is 2.05 bits per heavy atom. The summed E-state index contributed by atoms with van der Waals surface area (Å²) in [6, 6.07) is 12.7. The van der Waals surface area contributed by atoms with Crippen LogP contribution in [0.1, 0.15) is 24.8 Å². The van der Waals surface area contributed by atoms with Gasteiger partial charge in [0.15, 0.2) is 0 Å². The minimum Gasteiger partial charge on any atom is -0.398 e. The molecule has 0 heterocycles. The zero-order chi connectivity index (χ0) is 15.5. The van der Waals surface area contributed by atoms with Crippen molar-refractivity contribution in [3.05, 3.63) is 64.4 Å². The third kappa shape index (κ3) is 3.50. The number of anilines is 2. The largest absolute Gasteiger partial charge is 0.398 e. The van der Waals surface area contributed by atoms with E-state index < -0.39 is 0 Å². The van der Waals surface area contributed by atoms with Crippen LogP contribution in [0.4, 0.5) is 15.8 Å². The van der Waals surface area contributed by atoms with Crippen molar-refractivity contribution in [3.8, 4) is 0 Å². The van der Waals surface area contributed by atoms with Gasteiger partial charge >= 0.3 is 0 Å². The van der Waals surface area contributed by atoms with Crippen LogP contribution in [0, 0.1) is 5.82 Å². The lowest BCUT2D eigenvalue weighted by Crippen LogP contribution is -2.20. The van der Waals surface area contributed by atoms with Crippen molar-refractivity contribution in [1.82, 2.24) is 0 Å². The highest BCUT2D eigenvalue weighted by Gasteiger charge is 2.16. The first-order chi connectivity index (χ1) is 10.6. The van der Waals surface area contributed by atoms with Crippen LogP contribution in [-0.2, 0) is 0 Å². The van der Waals surface area contributed by atoms with Crippen molar-refractivity contribution < 1.29 is 4.39 Å². The van der Waals surface area contributed by atoms with E-state index in [1.165, 1.54) is 17.7 Å². The maximum atomic E-state index is 13.3. The molecule has 0 saturated carbocycles. The first-order valence-electron chi connectivity index (χ1n) is 7.40. The highest BCUT2D eigenvalue weighted by Crippen LogP contribution is 2.33. The van der Waals surface area contributed by atoms with Crippen LogP contribution in [0.15, 0.2) is 53.0 Å². The molecule has 0 spiro atoms. The summed E-state index contributed by atoms with van der Waals surface area (Å²) in [7, 11) is 0. The van der Waals surface area contributed by atoms with E-state index in [1.807, 2.05) is 18.2 Å². The molecule has 0 saturated heterocycles. The summed E-state index contributed by atoms with van der Waals surface area (Å²) in [4.78, 5) is 0. The molecule has 1 aliphatic carbocycles. The van der Waals surface area contributed by atoms with Crippen molar-refractivity contribution in [2.45, 2.75) is 25.3 Å². The van der Waals surface area contributed by atoms with Crippen molar-refractivity contribution in [1.29, 1.82) is 0 Å². The minimum absolute atomic E-state index is 0.198. The second-order valence-corrected chi connectivity index (χ2v) is 6.49. The third-order valence-electron chi connectivity index (χ3n) is 3.90. The molecule has 114 valence electrons. The van der Waals surface area contributed by atoms with Gasteiger partial charge in [0, 0.05) is 27.5 Å². The zero-order valence-electron chi connectivity index (χ0n) is 12.2. The smallest absolute Gasteiger partial charge is 0.125 e. The van der Waals surface area contributed by atoms with E-state index in [-0.39, 0.29) is 11.9 Å². The molecule has 1 unspecified atom stereocenters. The molecular formula is C18H18BrFN2. The summed E-state index contributed by atoms with van der Waals surface area (Å²) in [6.45, 7) is 0. The maximum absolute atomic E-state index is 13.3. The monoisotopic (exact) mass is 360 g/mol. The number of benzene rings is 2. The molecule has 4 heteroatoms. The Labute approximate surface area is 138 Å². The van der Waals surface area contributed by atoms with Gasteiger partial charge < -0.3 is 11.1 Å². The van der Waals surface area contributed by atoms with Crippen molar-refractivity contribution >= 4 is 32.9 Å². The van der Waals surface area contributed by atoms with Crippen LogP contribution >= 0.6 is 15.9 Å². The average Bonchev–Trinajstić information content (AvgIpc) is 2.50. The van der Waals surface area contributed by atoms with Crippen LogP contribution in [-0.4, -0.2) is 6.04 Å². The molecule has 0 radical (unpaired) electrons. The summed E-state index contributed by atoms with van der Waals surface area (Å²) < 4.78 is 14.3. The Morgan fingerprint density at radius 1 is 1.18 bits per heavy atom. The predicted molar refractivity (Wildman–Crippen MR) is 94.2 cm³/mol. The van der Waals surface area contributed by atoms with Gasteiger partial charge in [0.2, 0.25) is 0 Å². The summed E-state index contributed by atoms with van der Waals surface area (Å²) in [5.74, 6) is -0.221. The van der Waals surface area contributed by atoms with Crippen LogP contribution in [0.5, 0.6) is 0 Å². The highest BCUT2D eigenvalue weighted by atomic mass is 79.9. The number of allylic oxidation sites excluding steroid dienone is 1. The summed E-state index contributed by atoms with van der Waals surface area (Å²) >= 11 is 3.50. The molecule has 2 aromatic rings. The Bertz CT molecular complexity index is 712. The van der Waals surface area contributed by atoms with Crippen LogP contribution in [0.3, 0.4) is 0 Å². The van der Waals surface area contributed by atoms with E-state index >= 15 is 0 Å². The summed E-state index contributed by atoms with van der Waals surface area (Å²) in [6.07, 6.45) is 5.35. The van der Waals surface area contributed by atoms with Gasteiger partial charge in [-0.1, -0.05) is 28.1 Å². The minimum atomic E-state index is -0.221. The molecule has 1 aliphatic rings. The average molecular weight is 361 g/mol. The second-order valence-electron chi connectivity index (χ2n) is 5.58. The van der Waals surface area contributed by atoms with Gasteiger partial charge in [-0.15, -0.1) is 0 Å². The lowest BCUT2D eigenvalue weighted by molar-refractivity contribution is 0.627. The second kappa shape index (κ2) is 6.53. The summed E-state index contributed by atoms with van der Waals surface area (Å²) in [5, 5.41) is 3.39. The van der Waals surface area contributed by atoms with Gasteiger partial charge in [-0.3, -0.25) is 0 Å². The Kier molecular flexibility index (Phi) is 4.48. The van der Waals surface area contributed by atoms with Gasteiger partial charge in [0.1, 0.15) is 5.82 Å². The van der Waals surface area contributed by atoms with Crippen molar-refractivity contribution in [2.75, 3.05) is 11.1 Å². The number of hydrogen-bond acceptors (Lipinski definition) is 2. The lowest BCUT2D eigenvalue weighted by atomic mass is 9.90. The fourth-order valence-corrected chi connectivity index (χ4v) is 3.22. The number of nitrogen functional groups attached to an aromatic ring is 1. The third-order valence-corrected chi connectivity index (χ3v) is 4.39. The van der Waals surface area contributed by atoms with Gasteiger partial charge in [-0.2, -0.15) is 0 Å². The van der Waals surface area contributed by atoms with Gasteiger partial charge in [0.05, 0.1) is 0 Å². The predicted octanol–water partition coefficient (Wildman–Crippen LogP) is 5.22. The first kappa shape index (κ1) is 15.1. The van der Waals surface area contributed by atoms with Crippen molar-refractivity contribution in [3.63, 3.8) is 0 Å². The van der Waals surface area contributed by atoms with E-state index in [4.69, 9.17) is 5.73 Å². The Morgan fingerprint density at radius 3 is 2.86 bits per heavy atom. The molecule has 3 N–H and O–H groups in total. The maximum Gasteiger partial charge on any atom is 0.125 e. The quantitative estimate of drug-likeness (QED) is 0.736. The van der Waals surface area contributed by atoms with Crippen molar-refractivity contribution in [2.24, 2.45) is 0 Å². The number of hydrogen-bond donors (Lipinski definition) is 2. The number of nitrogens with two attached hydrogens (primary N) is 1. The molecular weight excluding hydrogens is 343 g/mol. The number of rotatable bonds is 3. The zero-order valence-corrected chi connectivity index (χ0v) is 13.7. The topological polar surface area (TPSA) is 38.0 Å². The van der Waals surface area contributed by atoms with Crippen LogP contribution in [0.2, 0.25) is 0 Å². The number of nitrogens with one attached hydrogen (secondary N) is 1. The van der Waals surface area contributed by atoms with Crippen LogP contribution in [0.25, 0.3) is 5.57 Å². The fraction of sp³-hybridized carbons (Fsp3) is 0.222. The fourth-order valence-electron chi connectivity index (χ4n) is 2.86. The molecule has 0 amide bonds. The molecule has 0 aromatic heterocycles. The molecule has 1 atom stereocenters. The molecule has 2 nitrogen and oxygen atoms in total. The standard InChI is InChI=1S/C18H18BrFN2/c19-13-7-8-18(21)17(10-13)12-3-1-5-15(9-12)22-16-6-2-4-14(20)11-16/h2,4,6-11,15,22H,1,3,5,21H2. The van der Waals surface area contributed by atoms with E-state index in [1.54, 1.807) is 6.07 Å². The first-order valence-corrected chi connectivity index (χ1v) is 8.19. The van der Waals surface area contributed by atoms with E-state index in [9.17, 15) is 4.39 Å². The molecule has 0 aliphatic heterocycles. The van der Waals surface area contributed by atoms with E-state index in [0.717, 1.165) is 40.7 Å². The lowest BCUT2D eigenvalue weighted by Gasteiger charge is -2.24. The highest BCUT2D eigenvalue weighted by molar-refractivity contribution is 9.10. The Hall–Kier alpha value is -1.81. The van der Waals surface area contributed by atoms with E-state index in [0.29, 0.717) is 0 Å². The van der Waals surface area contributed by atoms with Gasteiger partial charge in [0.25, 0.3) is 0 Å². The molecule has 2 aromatic carbocycles. The molecule has 3 rings (SSSR count). The van der Waals surface area contributed by atoms with E-state index in [2.05, 4.69) is 33.4 Å². The molecule has 0 bridgehead atoms. The summed E-state index contributed by atoms with van der Waals surface area (Å²) in [5.41, 5.74) is 10.0. The normalized spacial score (nSPS) is 17.9. The number of halogens is 2. The van der Waals surface area contributed by atoms with Crippen LogP contribution < -0.4 is 11.1 Å². The van der Waals surface area contributed by atoms with Gasteiger partial charge in [-0.05, 0) is 61.2 Å². The SMILES string of the molecule is Nc1ccc(Br)cc1C1=CC(Nc2cccc(F)c2)CCC1. The molecule has 0 fully saturated rings. The molecule has 22 heavy (non-hydrogen) atoms. The van der Waals surface area contributed by atoms with Gasteiger partial charge in [-0.25, -0.2) is 4.39 Å². The Balaban J connectivity index is 1.84.